The van der Waals surface area contributed by atoms with Crippen LogP contribution < -0.4 is 11.3 Å². The van der Waals surface area contributed by atoms with Crippen LogP contribution in [0.15, 0.2) is 30.1 Å². The van der Waals surface area contributed by atoms with Gasteiger partial charge in [-0.2, -0.15) is 0 Å². The summed E-state index contributed by atoms with van der Waals surface area (Å²) >= 11 is 0.353. The zero-order valence-electron chi connectivity index (χ0n) is 37.9. The van der Waals surface area contributed by atoms with Crippen molar-refractivity contribution in [2.24, 2.45) is 0 Å². The third kappa shape index (κ3) is 13.6. The van der Waals surface area contributed by atoms with Gasteiger partial charge in [-0.25, -0.2) is 43.1 Å². The Hall–Kier alpha value is -3.64. The maximum atomic E-state index is 16.5. The van der Waals surface area contributed by atoms with Crippen LogP contribution in [0.3, 0.4) is 0 Å². The van der Waals surface area contributed by atoms with Gasteiger partial charge in [0, 0.05) is 11.4 Å². The lowest BCUT2D eigenvalue weighted by molar-refractivity contribution is -0.0551. The third-order valence-corrected chi connectivity index (χ3v) is 16.3. The lowest BCUT2D eigenvalue weighted by atomic mass is 10.0. The number of fused-ring (bicyclic) bond motifs is 5. The summed E-state index contributed by atoms with van der Waals surface area (Å²) in [6.07, 6.45) is 7.45. The summed E-state index contributed by atoms with van der Waals surface area (Å²) in [6, 6.07) is 0. The van der Waals surface area contributed by atoms with Crippen molar-refractivity contribution >= 4 is 60.1 Å². The highest BCUT2D eigenvalue weighted by Gasteiger charge is 2.54. The summed E-state index contributed by atoms with van der Waals surface area (Å²) < 4.78 is 108. The van der Waals surface area contributed by atoms with E-state index in [4.69, 9.17) is 43.0 Å². The zero-order valence-corrected chi connectivity index (χ0v) is 40.5. The van der Waals surface area contributed by atoms with E-state index in [9.17, 15) is 23.6 Å². The molecule has 3 aliphatic rings. The van der Waals surface area contributed by atoms with E-state index < -0.39 is 101 Å². The predicted molar refractivity (Wildman–Crippen MR) is 244 cm³/mol. The number of aromatic amines is 1. The number of anilines is 1. The van der Waals surface area contributed by atoms with Gasteiger partial charge in [-0.1, -0.05) is 103 Å². The molecular formula is C41H61F2N9O13P2S. The van der Waals surface area contributed by atoms with Gasteiger partial charge in [0.1, 0.15) is 42.6 Å². The Kier molecular flexibility index (Phi) is 19.2. The highest BCUT2D eigenvalue weighted by Crippen LogP contribution is 2.64. The molecule has 3 unspecified atom stereocenters. The third-order valence-electron chi connectivity index (χ3n) is 12.0. The molecule has 7 heterocycles. The van der Waals surface area contributed by atoms with Gasteiger partial charge in [0.25, 0.3) is 5.56 Å². The number of nitrogens with zero attached hydrogens (tertiary/aromatic N) is 7. The Bertz CT molecular complexity index is 2400. The number of halogens is 2. The lowest BCUT2D eigenvalue weighted by Crippen LogP contribution is -2.36. The minimum atomic E-state index is -4.75. The first-order valence-corrected chi connectivity index (χ1v) is 28.1. The Morgan fingerprint density at radius 2 is 1.40 bits per heavy atom. The van der Waals surface area contributed by atoms with Crippen LogP contribution in [0.2, 0.25) is 0 Å². The number of unbranched alkanes of at least 4 members (excludes halogenated alkanes) is 15. The van der Waals surface area contributed by atoms with E-state index >= 15 is 8.78 Å². The van der Waals surface area contributed by atoms with Crippen LogP contribution in [0.5, 0.6) is 0 Å². The number of nitrogens with two attached hydrogens (primary N) is 1. The molecule has 68 heavy (non-hydrogen) atoms. The summed E-state index contributed by atoms with van der Waals surface area (Å²) in [5.74, 6) is -0.661. The number of nitrogen functional groups attached to an aromatic ring is 1. The number of ether oxygens (including phenoxy) is 5. The molecule has 27 heteroatoms. The molecule has 0 spiro atoms. The van der Waals surface area contributed by atoms with E-state index in [1.165, 1.54) is 81.5 Å². The van der Waals surface area contributed by atoms with Gasteiger partial charge in [0.2, 0.25) is 0 Å². The number of imidazole rings is 2. The van der Waals surface area contributed by atoms with Crippen LogP contribution in [-0.4, -0.2) is 119 Å². The number of hydrogen-bond acceptors (Lipinski definition) is 19. The smallest absolute Gasteiger partial charge is 0.434 e. The monoisotopic (exact) mass is 1020 g/mol. The van der Waals surface area contributed by atoms with Crippen molar-refractivity contribution in [3.63, 3.8) is 0 Å². The molecule has 0 saturated carbocycles. The molecular weight excluding hydrogens is 959 g/mol. The van der Waals surface area contributed by atoms with Gasteiger partial charge in [-0.05, 0) is 6.42 Å². The molecule has 0 aromatic carbocycles. The van der Waals surface area contributed by atoms with E-state index in [0.717, 1.165) is 49.2 Å². The molecule has 0 amide bonds. The fourth-order valence-electron chi connectivity index (χ4n) is 8.33. The highest BCUT2D eigenvalue weighted by atomic mass is 32.7. The van der Waals surface area contributed by atoms with Gasteiger partial charge < -0.3 is 43.8 Å². The highest BCUT2D eigenvalue weighted by molar-refractivity contribution is 8.55. The van der Waals surface area contributed by atoms with Crippen LogP contribution in [0.4, 0.5) is 19.4 Å². The van der Waals surface area contributed by atoms with Crippen LogP contribution in [-0.2, 0) is 46.4 Å². The van der Waals surface area contributed by atoms with Gasteiger partial charge >= 0.3 is 20.5 Å². The fraction of sp³-hybridized carbons (Fsp3) is 0.732. The van der Waals surface area contributed by atoms with E-state index in [0.29, 0.717) is 17.8 Å². The molecule has 0 radical (unpaired) electrons. The Labute approximate surface area is 395 Å². The van der Waals surface area contributed by atoms with Crippen LogP contribution in [0.25, 0.3) is 22.3 Å². The molecule has 3 fully saturated rings. The molecule has 4 aromatic rings. The lowest BCUT2D eigenvalue weighted by Gasteiger charge is -2.27. The first kappa shape index (κ1) is 52.2. The van der Waals surface area contributed by atoms with Crippen molar-refractivity contribution in [2.45, 2.75) is 159 Å². The van der Waals surface area contributed by atoms with E-state index in [2.05, 4.69) is 36.8 Å². The summed E-state index contributed by atoms with van der Waals surface area (Å²) in [6.45, 7) is -4.06. The molecule has 10 atom stereocenters. The van der Waals surface area contributed by atoms with Crippen molar-refractivity contribution in [3.05, 3.63) is 35.7 Å². The quantitative estimate of drug-likeness (QED) is 0.0289. The first-order chi connectivity index (χ1) is 32.9. The van der Waals surface area contributed by atoms with Gasteiger partial charge in [0.15, 0.2) is 53.4 Å². The molecule has 7 rings (SSSR count). The minimum absolute atomic E-state index is 0.00850. The topological polar surface area (TPSA) is 278 Å². The SMILES string of the molecule is CCCCCCCCCCCCCCCCCCOC(=O)OCSP1(=O)OCC2O[C@@H](n3cnc4c(N)ncnc43)[C@H](F)[C@@H]2OCP(=O)(O)OC[C@H]2O[C@@H](n3cnc4c(=O)[nH]cnc43)[C@H](O1)[C@@H]2F. The average molecular weight is 1020 g/mol. The summed E-state index contributed by atoms with van der Waals surface area (Å²) in [7, 11) is -4.75. The van der Waals surface area contributed by atoms with Crippen molar-refractivity contribution < 1.29 is 64.9 Å². The maximum Gasteiger partial charge on any atom is 0.509 e. The average Bonchev–Trinajstić information content (AvgIpc) is 4.09. The summed E-state index contributed by atoms with van der Waals surface area (Å²) in [5.41, 5.74) is 5.33. The van der Waals surface area contributed by atoms with Crippen molar-refractivity contribution in [3.8, 4) is 0 Å². The molecule has 2 bridgehead atoms. The maximum absolute atomic E-state index is 16.5. The van der Waals surface area contributed by atoms with Crippen LogP contribution >= 0.6 is 25.8 Å². The Balaban J connectivity index is 0.971. The zero-order chi connectivity index (χ0) is 48.1. The number of alkyl halides is 2. The summed E-state index contributed by atoms with van der Waals surface area (Å²) in [5, 5.41) is 0. The molecule has 4 aromatic heterocycles. The number of H-pyrrole nitrogens is 1. The molecule has 22 nitrogen and oxygen atoms in total. The molecule has 4 N–H and O–H groups in total. The molecule has 378 valence electrons. The first-order valence-electron chi connectivity index (χ1n) is 23.3. The van der Waals surface area contributed by atoms with E-state index in [1.54, 1.807) is 0 Å². The normalized spacial score (nSPS) is 29.0. The second-order valence-electron chi connectivity index (χ2n) is 17.0. The second-order valence-corrected chi connectivity index (χ2v) is 22.7. The van der Waals surface area contributed by atoms with Crippen LogP contribution in [0.1, 0.15) is 122 Å². The largest absolute Gasteiger partial charge is 0.509 e. The van der Waals surface area contributed by atoms with Crippen molar-refractivity contribution in [1.82, 2.24) is 39.0 Å². The van der Waals surface area contributed by atoms with Crippen LogP contribution in [0, 0.1) is 0 Å². The second kappa shape index (κ2) is 25.0. The fourth-order valence-corrected chi connectivity index (χ4v) is 11.9. The number of carbonyl (C=O) groups is 1. The minimum Gasteiger partial charge on any atom is -0.434 e. The number of carbonyl (C=O) groups excluding carboxylic acids is 1. The number of aromatic nitrogens is 8. The molecule has 3 aliphatic heterocycles. The van der Waals surface area contributed by atoms with Crippen molar-refractivity contribution in [2.75, 3.05) is 37.8 Å². The Morgan fingerprint density at radius 3 is 2.09 bits per heavy atom. The molecule has 3 saturated heterocycles. The molecule has 0 aliphatic carbocycles. The standard InChI is InChI=1S/C41H61F2N9O13P2S/c1-2-3-4-5-6-7-8-9-10-11-12-13-14-15-16-17-18-58-41(54)60-26-68-67(57)62-20-28-33(30(43)39(64-28)51-23-49-31-35(44)45-21-46-36(31)51)59-25-66(55,56)61-19-27-29(42)34(65-67)40(63-27)52-24-50-32-37(52)47-22-48-38(32)53/h21-24,27-30,33-34,39-40H,2-20,25-26H2,1H3,(H,55,56)(H2,44,45,46)(H,47,48,53)/t27-,28?,29-,30-,33-,34-,39-,40-,67?/m1/s1. The Morgan fingerprint density at radius 1 is 0.794 bits per heavy atom. The van der Waals surface area contributed by atoms with E-state index in [1.807, 2.05) is 0 Å². The predicted octanol–water partition coefficient (Wildman–Crippen LogP) is 8.19. The van der Waals surface area contributed by atoms with E-state index in [-0.39, 0.29) is 34.8 Å². The van der Waals surface area contributed by atoms with Gasteiger partial charge in [0.05, 0.1) is 38.8 Å². The van der Waals surface area contributed by atoms with Gasteiger partial charge in [-0.3, -0.25) is 27.5 Å². The summed E-state index contributed by atoms with van der Waals surface area (Å²) in [4.78, 5) is 58.6. The van der Waals surface area contributed by atoms with Crippen molar-refractivity contribution in [1.29, 1.82) is 0 Å². The van der Waals surface area contributed by atoms with Gasteiger partial charge in [-0.15, -0.1) is 0 Å². The number of nitrogens with one attached hydrogen (secondary N) is 1. The number of hydrogen-bond donors (Lipinski definition) is 3. The number of rotatable bonds is 22.